The van der Waals surface area contributed by atoms with Crippen molar-refractivity contribution in [1.29, 1.82) is 0 Å². The predicted molar refractivity (Wildman–Crippen MR) is 152 cm³/mol. The minimum atomic E-state index is -0.611. The smallest absolute Gasteiger partial charge is 0.323 e. The first-order chi connectivity index (χ1) is 19.2. The van der Waals surface area contributed by atoms with Gasteiger partial charge in [-0.15, -0.1) is 0 Å². The van der Waals surface area contributed by atoms with Crippen LogP contribution < -0.4 is 15.4 Å². The number of carbonyl (C=O) groups excluding carboxylic acids is 2. The zero-order chi connectivity index (χ0) is 28.6. The Morgan fingerprint density at radius 2 is 1.95 bits per heavy atom. The molecular formula is C30H36FN5O4. The molecule has 0 aliphatic carbocycles. The Labute approximate surface area is 234 Å². The highest BCUT2D eigenvalue weighted by Crippen LogP contribution is 2.29. The van der Waals surface area contributed by atoms with Crippen LogP contribution in [0.15, 0.2) is 67.0 Å². The third-order valence-corrected chi connectivity index (χ3v) is 6.99. The van der Waals surface area contributed by atoms with Crippen molar-refractivity contribution in [3.8, 4) is 5.75 Å². The minimum Gasteiger partial charge on any atom is -0.488 e. The van der Waals surface area contributed by atoms with Crippen molar-refractivity contribution in [3.05, 3.63) is 83.9 Å². The van der Waals surface area contributed by atoms with Gasteiger partial charge in [0.15, 0.2) is 0 Å². The monoisotopic (exact) mass is 549 g/mol. The van der Waals surface area contributed by atoms with Gasteiger partial charge in [0.1, 0.15) is 17.7 Å². The summed E-state index contributed by atoms with van der Waals surface area (Å²) in [5.74, 6) is -0.163. The summed E-state index contributed by atoms with van der Waals surface area (Å²) in [6.45, 7) is 5.44. The highest BCUT2D eigenvalue weighted by atomic mass is 19.1. The Kier molecular flexibility index (Phi) is 9.68. The van der Waals surface area contributed by atoms with Crippen LogP contribution in [0.25, 0.3) is 0 Å². The van der Waals surface area contributed by atoms with Gasteiger partial charge in [-0.3, -0.25) is 14.7 Å². The second-order valence-corrected chi connectivity index (χ2v) is 10.3. The summed E-state index contributed by atoms with van der Waals surface area (Å²) in [5, 5.41) is 15.1. The summed E-state index contributed by atoms with van der Waals surface area (Å²) < 4.78 is 20.5. The number of aliphatic hydroxyl groups excluding tert-OH is 1. The number of urea groups is 1. The molecule has 2 aromatic carbocycles. The van der Waals surface area contributed by atoms with Crippen molar-refractivity contribution in [3.63, 3.8) is 0 Å². The van der Waals surface area contributed by atoms with Crippen LogP contribution in [-0.2, 0) is 17.8 Å². The Morgan fingerprint density at radius 3 is 2.67 bits per heavy atom. The van der Waals surface area contributed by atoms with Gasteiger partial charge >= 0.3 is 6.03 Å². The maximum Gasteiger partial charge on any atom is 0.323 e. The van der Waals surface area contributed by atoms with Gasteiger partial charge in [0, 0.05) is 49.2 Å². The van der Waals surface area contributed by atoms with E-state index >= 15 is 0 Å². The van der Waals surface area contributed by atoms with Gasteiger partial charge in [0.2, 0.25) is 5.91 Å². The van der Waals surface area contributed by atoms with Gasteiger partial charge in [0.05, 0.1) is 24.8 Å². The summed E-state index contributed by atoms with van der Waals surface area (Å²) in [6, 6.07) is 14.0. The summed E-state index contributed by atoms with van der Waals surface area (Å²) in [6.07, 6.45) is 3.31. The van der Waals surface area contributed by atoms with E-state index < -0.39 is 11.8 Å². The lowest BCUT2D eigenvalue weighted by atomic mass is 10.0. The van der Waals surface area contributed by atoms with Crippen LogP contribution in [0, 0.1) is 11.7 Å². The Balaban J connectivity index is 1.57. The fourth-order valence-corrected chi connectivity index (χ4v) is 4.74. The highest BCUT2D eigenvalue weighted by Gasteiger charge is 2.31. The maximum absolute atomic E-state index is 14.0. The van der Waals surface area contributed by atoms with E-state index in [0.29, 0.717) is 36.6 Å². The van der Waals surface area contributed by atoms with Gasteiger partial charge in [-0.1, -0.05) is 19.1 Å². The molecule has 0 saturated heterocycles. The van der Waals surface area contributed by atoms with Crippen molar-refractivity contribution in [1.82, 2.24) is 14.8 Å². The molecule has 0 saturated carbocycles. The molecule has 10 heteroatoms. The number of carbonyl (C=O) groups is 2. The summed E-state index contributed by atoms with van der Waals surface area (Å²) in [5.41, 5.74) is 2.23. The number of para-hydroxylation sites is 1. The average molecular weight is 550 g/mol. The van der Waals surface area contributed by atoms with Crippen molar-refractivity contribution >= 4 is 23.3 Å². The van der Waals surface area contributed by atoms with E-state index in [9.17, 15) is 19.1 Å². The third-order valence-electron chi connectivity index (χ3n) is 6.99. The van der Waals surface area contributed by atoms with E-state index in [4.69, 9.17) is 4.74 Å². The largest absolute Gasteiger partial charge is 0.488 e. The first-order valence-electron chi connectivity index (χ1n) is 13.3. The standard InChI is InChI=1S/C30H36FN5O4/c1-20-16-36(21(2)19-37)29(38)15-23-14-24(33-30(39)34-26-7-5-4-6-25(26)31)8-9-27(23)40-28(20)18-35(3)17-22-10-12-32-13-11-22/h4-14,20-21,28,37H,15-19H2,1-3H3,(H2,33,34,39)/t20-,21?,28+/m1/s1. The van der Waals surface area contributed by atoms with Gasteiger partial charge in [0.25, 0.3) is 0 Å². The van der Waals surface area contributed by atoms with Crippen LogP contribution >= 0.6 is 0 Å². The molecule has 0 fully saturated rings. The van der Waals surface area contributed by atoms with Crippen LogP contribution in [0.4, 0.5) is 20.6 Å². The number of nitrogens with one attached hydrogen (secondary N) is 2. The molecule has 1 aromatic heterocycles. The molecule has 3 N–H and O–H groups in total. The van der Waals surface area contributed by atoms with E-state index in [0.717, 1.165) is 5.56 Å². The normalized spacial score (nSPS) is 18.1. The molecule has 0 bridgehead atoms. The van der Waals surface area contributed by atoms with E-state index in [2.05, 4.69) is 20.5 Å². The average Bonchev–Trinajstić information content (AvgIpc) is 2.97. The number of rotatable bonds is 8. The second-order valence-electron chi connectivity index (χ2n) is 10.3. The second kappa shape index (κ2) is 13.4. The first-order valence-corrected chi connectivity index (χ1v) is 13.3. The molecule has 4 rings (SSSR count). The number of aromatic nitrogens is 1. The van der Waals surface area contributed by atoms with Gasteiger partial charge < -0.3 is 25.4 Å². The van der Waals surface area contributed by atoms with Crippen LogP contribution in [0.1, 0.15) is 25.0 Å². The fraction of sp³-hybridized carbons (Fsp3) is 0.367. The molecule has 1 aliphatic heterocycles. The number of likely N-dealkylation sites (N-methyl/N-ethyl adjacent to an activating group) is 1. The van der Waals surface area contributed by atoms with Crippen LogP contribution in [0.3, 0.4) is 0 Å². The van der Waals surface area contributed by atoms with E-state index in [-0.39, 0.29) is 42.7 Å². The predicted octanol–water partition coefficient (Wildman–Crippen LogP) is 4.15. The molecule has 2 heterocycles. The molecule has 212 valence electrons. The van der Waals surface area contributed by atoms with E-state index in [1.807, 2.05) is 33.0 Å². The number of benzene rings is 2. The van der Waals surface area contributed by atoms with Gasteiger partial charge in [-0.25, -0.2) is 9.18 Å². The Hall–Kier alpha value is -4.02. The lowest BCUT2D eigenvalue weighted by Crippen LogP contribution is -2.47. The molecule has 1 unspecified atom stereocenters. The number of pyridine rings is 1. The number of amides is 3. The third kappa shape index (κ3) is 7.55. The molecular weight excluding hydrogens is 513 g/mol. The van der Waals surface area contributed by atoms with E-state index in [1.165, 1.54) is 12.1 Å². The molecule has 0 spiro atoms. The molecule has 1 aliphatic rings. The number of ether oxygens (including phenoxy) is 1. The molecule has 3 amide bonds. The zero-order valence-electron chi connectivity index (χ0n) is 23.0. The van der Waals surface area contributed by atoms with Crippen LogP contribution in [0.2, 0.25) is 0 Å². The molecule has 40 heavy (non-hydrogen) atoms. The van der Waals surface area contributed by atoms with Crippen LogP contribution in [-0.4, -0.2) is 70.7 Å². The first kappa shape index (κ1) is 29.0. The van der Waals surface area contributed by atoms with Crippen molar-refractivity contribution in [2.75, 3.05) is 37.4 Å². The Bertz CT molecular complexity index is 1310. The molecule has 3 atom stereocenters. The van der Waals surface area contributed by atoms with Crippen molar-refractivity contribution in [2.45, 2.75) is 39.0 Å². The summed E-state index contributed by atoms with van der Waals surface area (Å²) >= 11 is 0. The molecule has 9 nitrogen and oxygen atoms in total. The summed E-state index contributed by atoms with van der Waals surface area (Å²) in [7, 11) is 2.02. The number of hydrogen-bond acceptors (Lipinski definition) is 6. The van der Waals surface area contributed by atoms with Crippen molar-refractivity contribution < 1.29 is 23.8 Å². The number of anilines is 2. The lowest BCUT2D eigenvalue weighted by Gasteiger charge is -2.34. The van der Waals surface area contributed by atoms with Crippen molar-refractivity contribution in [2.24, 2.45) is 5.92 Å². The van der Waals surface area contributed by atoms with Crippen LogP contribution in [0.5, 0.6) is 5.75 Å². The quantitative estimate of drug-likeness (QED) is 0.390. The molecule has 0 radical (unpaired) electrons. The number of nitrogens with zero attached hydrogens (tertiary/aromatic N) is 3. The SMILES string of the molecule is CC(CO)N1C[C@@H](C)[C@H](CN(C)Cc2ccncc2)Oc2ccc(NC(=O)Nc3ccccc3F)cc2CC1=O. The maximum atomic E-state index is 14.0. The van der Waals surface area contributed by atoms with E-state index in [1.54, 1.807) is 47.6 Å². The lowest BCUT2D eigenvalue weighted by molar-refractivity contribution is -0.134. The molecule has 3 aromatic rings. The number of aliphatic hydroxyl groups is 1. The zero-order valence-corrected chi connectivity index (χ0v) is 23.0. The van der Waals surface area contributed by atoms with Gasteiger partial charge in [-0.05, 0) is 62.0 Å². The minimum absolute atomic E-state index is 0.0341. The number of hydrogen-bond donors (Lipinski definition) is 3. The fourth-order valence-electron chi connectivity index (χ4n) is 4.74. The topological polar surface area (TPSA) is 107 Å². The van der Waals surface area contributed by atoms with Gasteiger partial charge in [-0.2, -0.15) is 0 Å². The number of halogens is 1. The number of fused-ring (bicyclic) bond motifs is 1. The summed E-state index contributed by atoms with van der Waals surface area (Å²) in [4.78, 5) is 33.9. The highest BCUT2D eigenvalue weighted by molar-refractivity contribution is 6.00. The Morgan fingerprint density at radius 1 is 1.20 bits per heavy atom.